The fraction of sp³-hybridized carbons (Fsp3) is 0.250. The van der Waals surface area contributed by atoms with E-state index in [9.17, 15) is 14.4 Å². The molecule has 0 aromatic heterocycles. The molecule has 142 valence electrons. The number of carbonyl (C=O) groups is 3. The van der Waals surface area contributed by atoms with E-state index in [2.05, 4.69) is 11.9 Å². The molecule has 7 heteroatoms. The zero-order chi connectivity index (χ0) is 19.6. The van der Waals surface area contributed by atoms with Crippen molar-refractivity contribution in [3.8, 4) is 0 Å². The lowest BCUT2D eigenvalue weighted by molar-refractivity contribution is -0.138. The Morgan fingerprint density at radius 2 is 1.63 bits per heavy atom. The molecule has 0 aliphatic heterocycles. The van der Waals surface area contributed by atoms with Gasteiger partial charge in [0.2, 0.25) is 0 Å². The van der Waals surface area contributed by atoms with E-state index in [0.29, 0.717) is 5.56 Å². The molecular weight excluding hydrogens is 350 g/mol. The highest BCUT2D eigenvalue weighted by Crippen LogP contribution is 2.16. The van der Waals surface area contributed by atoms with Crippen molar-refractivity contribution in [2.45, 2.75) is 6.92 Å². The second-order valence-electron chi connectivity index (χ2n) is 5.68. The number of ether oxygens (including phenoxy) is 3. The Morgan fingerprint density at radius 3 is 2.37 bits per heavy atom. The predicted octanol–water partition coefficient (Wildman–Crippen LogP) is 2.84. The lowest BCUT2D eigenvalue weighted by Gasteiger charge is -2.09. The summed E-state index contributed by atoms with van der Waals surface area (Å²) in [6.07, 6.45) is -0.692. The highest BCUT2D eigenvalue weighted by molar-refractivity contribution is 5.95. The second kappa shape index (κ2) is 9.96. The van der Waals surface area contributed by atoms with Crippen molar-refractivity contribution in [1.82, 2.24) is 5.32 Å². The van der Waals surface area contributed by atoms with Crippen LogP contribution in [0.25, 0.3) is 10.8 Å². The van der Waals surface area contributed by atoms with Gasteiger partial charge in [-0.25, -0.2) is 14.4 Å². The quantitative estimate of drug-likeness (QED) is 0.332. The maximum Gasteiger partial charge on any atom is 0.407 e. The summed E-state index contributed by atoms with van der Waals surface area (Å²) in [7, 11) is 0. The van der Waals surface area contributed by atoms with Gasteiger partial charge in [0.05, 0.1) is 12.1 Å². The van der Waals surface area contributed by atoms with Crippen LogP contribution in [0.4, 0.5) is 4.79 Å². The largest absolute Gasteiger partial charge is 0.460 e. The third kappa shape index (κ3) is 6.47. The number of hydrogen-bond acceptors (Lipinski definition) is 6. The number of nitrogens with one attached hydrogen (secondary N) is 1. The normalized spacial score (nSPS) is 10.1. The molecule has 0 atom stereocenters. The Kier molecular flexibility index (Phi) is 7.37. The molecule has 0 spiro atoms. The second-order valence-corrected chi connectivity index (χ2v) is 5.68. The van der Waals surface area contributed by atoms with Crippen LogP contribution in [0.3, 0.4) is 0 Å². The van der Waals surface area contributed by atoms with E-state index in [1.54, 1.807) is 12.1 Å². The first-order chi connectivity index (χ1) is 13.0. The summed E-state index contributed by atoms with van der Waals surface area (Å²) in [4.78, 5) is 34.6. The van der Waals surface area contributed by atoms with Gasteiger partial charge in [-0.15, -0.1) is 0 Å². The number of rotatable bonds is 8. The minimum atomic E-state index is -0.692. The van der Waals surface area contributed by atoms with Gasteiger partial charge in [-0.05, 0) is 29.8 Å². The number of carbonyl (C=O) groups excluding carboxylic acids is 3. The summed E-state index contributed by atoms with van der Waals surface area (Å²) in [5.41, 5.74) is 0.711. The summed E-state index contributed by atoms with van der Waals surface area (Å²) < 4.78 is 14.8. The van der Waals surface area contributed by atoms with Crippen molar-refractivity contribution >= 4 is 28.8 Å². The van der Waals surface area contributed by atoms with Gasteiger partial charge in [-0.2, -0.15) is 0 Å². The maximum absolute atomic E-state index is 12.0. The summed E-state index contributed by atoms with van der Waals surface area (Å²) in [6, 6.07) is 13.0. The van der Waals surface area contributed by atoms with E-state index >= 15 is 0 Å². The van der Waals surface area contributed by atoms with Crippen LogP contribution < -0.4 is 5.32 Å². The van der Waals surface area contributed by atoms with Gasteiger partial charge in [-0.1, -0.05) is 36.9 Å². The monoisotopic (exact) mass is 371 g/mol. The van der Waals surface area contributed by atoms with E-state index in [1.165, 1.54) is 6.92 Å². The number of esters is 2. The molecule has 0 unspecified atom stereocenters. The van der Waals surface area contributed by atoms with Gasteiger partial charge in [-0.3, -0.25) is 0 Å². The van der Waals surface area contributed by atoms with Crippen molar-refractivity contribution in [2.75, 3.05) is 26.4 Å². The molecule has 0 bridgehead atoms. The van der Waals surface area contributed by atoms with Crippen molar-refractivity contribution in [3.05, 3.63) is 60.2 Å². The molecule has 0 heterocycles. The number of amides is 1. The smallest absolute Gasteiger partial charge is 0.407 e. The highest BCUT2D eigenvalue weighted by atomic mass is 16.6. The summed E-state index contributed by atoms with van der Waals surface area (Å²) in [6.45, 7) is 4.94. The molecule has 0 aliphatic carbocycles. The zero-order valence-electron chi connectivity index (χ0n) is 15.0. The minimum Gasteiger partial charge on any atom is -0.460 e. The summed E-state index contributed by atoms with van der Waals surface area (Å²) in [5, 5.41) is 4.38. The number of alkyl carbamates (subject to hydrolysis) is 1. The van der Waals surface area contributed by atoms with Gasteiger partial charge >= 0.3 is 18.0 Å². The van der Waals surface area contributed by atoms with Crippen LogP contribution in [0.2, 0.25) is 0 Å². The summed E-state index contributed by atoms with van der Waals surface area (Å²) in [5.74, 6) is -1.01. The molecule has 1 N–H and O–H groups in total. The molecule has 0 saturated heterocycles. The molecular formula is C20H21NO6. The Balaban J connectivity index is 1.64. The van der Waals surface area contributed by atoms with Crippen LogP contribution in [0.1, 0.15) is 17.3 Å². The molecule has 7 nitrogen and oxygen atoms in total. The zero-order valence-corrected chi connectivity index (χ0v) is 15.0. The van der Waals surface area contributed by atoms with Crippen LogP contribution in [0.15, 0.2) is 54.6 Å². The highest BCUT2D eigenvalue weighted by Gasteiger charge is 2.09. The van der Waals surface area contributed by atoms with Crippen LogP contribution in [0.5, 0.6) is 0 Å². The van der Waals surface area contributed by atoms with E-state index in [1.807, 2.05) is 30.3 Å². The Labute approximate surface area is 156 Å². The molecule has 0 saturated carbocycles. The SMILES string of the molecule is C=C(C)C(=O)OCCNC(=O)OCCOC(=O)c1ccc2ccccc2c1. The molecule has 2 rings (SSSR count). The Bertz CT molecular complexity index is 845. The molecule has 0 radical (unpaired) electrons. The molecule has 0 aliphatic rings. The van der Waals surface area contributed by atoms with E-state index in [0.717, 1.165) is 10.8 Å². The van der Waals surface area contributed by atoms with Gasteiger partial charge in [0.1, 0.15) is 19.8 Å². The number of fused-ring (bicyclic) bond motifs is 1. The van der Waals surface area contributed by atoms with Crippen LogP contribution >= 0.6 is 0 Å². The van der Waals surface area contributed by atoms with E-state index in [-0.39, 0.29) is 31.9 Å². The van der Waals surface area contributed by atoms with Crippen LogP contribution in [-0.4, -0.2) is 44.4 Å². The Morgan fingerprint density at radius 1 is 0.926 bits per heavy atom. The van der Waals surface area contributed by atoms with Crippen LogP contribution in [-0.2, 0) is 19.0 Å². The van der Waals surface area contributed by atoms with E-state index in [4.69, 9.17) is 14.2 Å². The topological polar surface area (TPSA) is 90.9 Å². The Hall–Kier alpha value is -3.35. The average molecular weight is 371 g/mol. The molecule has 2 aromatic carbocycles. The lowest BCUT2D eigenvalue weighted by atomic mass is 10.1. The van der Waals surface area contributed by atoms with Gasteiger partial charge in [0, 0.05) is 5.57 Å². The fourth-order valence-electron chi connectivity index (χ4n) is 2.14. The van der Waals surface area contributed by atoms with Gasteiger partial charge < -0.3 is 19.5 Å². The first-order valence-electron chi connectivity index (χ1n) is 8.36. The first kappa shape index (κ1) is 20.0. The third-order valence-corrected chi connectivity index (χ3v) is 3.49. The maximum atomic E-state index is 12.0. The lowest BCUT2D eigenvalue weighted by Crippen LogP contribution is -2.29. The molecule has 2 aromatic rings. The average Bonchev–Trinajstić information content (AvgIpc) is 2.67. The minimum absolute atomic E-state index is 0.0116. The molecule has 27 heavy (non-hydrogen) atoms. The third-order valence-electron chi connectivity index (χ3n) is 3.49. The van der Waals surface area contributed by atoms with Crippen molar-refractivity contribution in [3.63, 3.8) is 0 Å². The van der Waals surface area contributed by atoms with Gasteiger partial charge in [0.25, 0.3) is 0 Å². The van der Waals surface area contributed by atoms with Crippen molar-refractivity contribution in [1.29, 1.82) is 0 Å². The standard InChI is InChI=1S/C20H21NO6/c1-14(2)18(22)25-10-9-21-20(24)27-12-11-26-19(23)17-8-7-15-5-3-4-6-16(15)13-17/h3-8,13H,1,9-12H2,2H3,(H,21,24). The van der Waals surface area contributed by atoms with Crippen LogP contribution in [0, 0.1) is 0 Å². The molecule has 1 amide bonds. The number of hydrogen-bond donors (Lipinski definition) is 1. The predicted molar refractivity (Wildman–Crippen MR) is 99.4 cm³/mol. The fourth-order valence-corrected chi connectivity index (χ4v) is 2.14. The van der Waals surface area contributed by atoms with Crippen molar-refractivity contribution < 1.29 is 28.6 Å². The molecule has 0 fully saturated rings. The number of benzene rings is 2. The van der Waals surface area contributed by atoms with Gasteiger partial charge in [0.15, 0.2) is 0 Å². The summed E-state index contributed by atoms with van der Waals surface area (Å²) >= 11 is 0. The van der Waals surface area contributed by atoms with Crippen molar-refractivity contribution in [2.24, 2.45) is 0 Å². The first-order valence-corrected chi connectivity index (χ1v) is 8.36. The van der Waals surface area contributed by atoms with E-state index < -0.39 is 18.0 Å².